The average molecular weight is 338 g/mol. The van der Waals surface area contributed by atoms with Crippen LogP contribution in [0, 0.1) is 39.4 Å². The fourth-order valence-corrected chi connectivity index (χ4v) is 3.00. The first-order chi connectivity index (χ1) is 12.7. The summed E-state index contributed by atoms with van der Waals surface area (Å²) in [6.45, 7) is 0. The molecule has 1 aliphatic heterocycles. The van der Waals surface area contributed by atoms with Gasteiger partial charge in [0, 0.05) is 0 Å². The molecule has 1 atom stereocenters. The second kappa shape index (κ2) is 6.81. The Balaban J connectivity index is 2.16. The highest BCUT2D eigenvalue weighted by Crippen LogP contribution is 2.50. The molecule has 6 heteroatoms. The smallest absolute Gasteiger partial charge is 0.208 e. The van der Waals surface area contributed by atoms with Crippen molar-refractivity contribution in [2.24, 2.45) is 16.3 Å². The summed E-state index contributed by atoms with van der Waals surface area (Å²) in [7, 11) is 0. The zero-order chi connectivity index (χ0) is 18.6. The molecule has 0 spiro atoms. The molecule has 3 rings (SSSR count). The number of nitrogens with zero attached hydrogens (tertiary/aromatic N) is 5. The molecule has 6 nitrogen and oxygen atoms in total. The summed E-state index contributed by atoms with van der Waals surface area (Å²) in [5.74, 6) is 0.0108. The predicted molar refractivity (Wildman–Crippen MR) is 95.5 cm³/mol. The van der Waals surface area contributed by atoms with E-state index in [0.29, 0.717) is 5.56 Å². The van der Waals surface area contributed by atoms with Crippen molar-refractivity contribution in [3.05, 3.63) is 83.2 Å². The van der Waals surface area contributed by atoms with Crippen molar-refractivity contribution in [3.63, 3.8) is 0 Å². The lowest BCUT2D eigenvalue weighted by molar-refractivity contribution is 0.242. The minimum absolute atomic E-state index is 0.0108. The summed E-state index contributed by atoms with van der Waals surface area (Å²) in [4.78, 5) is 0. The van der Waals surface area contributed by atoms with Gasteiger partial charge >= 0.3 is 0 Å². The number of hydrazone groups is 1. The van der Waals surface area contributed by atoms with E-state index in [0.717, 1.165) is 5.56 Å². The molecule has 0 fully saturated rings. The van der Waals surface area contributed by atoms with Crippen LogP contribution < -0.4 is 5.73 Å². The standard InChI is InChI=1S/C20H14N6/c21-11-17-19(24)26(25-12-15-7-3-1-4-8-15)18(20(17,13-22)14-23)16-9-5-2-6-10-16/h1-10,12,18H,24H2/b25-12+. The number of nitriles is 3. The van der Waals surface area contributed by atoms with Crippen LogP contribution in [0.1, 0.15) is 17.2 Å². The highest BCUT2D eigenvalue weighted by atomic mass is 15.5. The highest BCUT2D eigenvalue weighted by molar-refractivity contribution is 5.79. The quantitative estimate of drug-likeness (QED) is 0.865. The first-order valence-electron chi connectivity index (χ1n) is 7.84. The van der Waals surface area contributed by atoms with E-state index in [9.17, 15) is 15.8 Å². The van der Waals surface area contributed by atoms with Crippen LogP contribution in [-0.4, -0.2) is 11.2 Å². The van der Waals surface area contributed by atoms with Crippen LogP contribution in [0.3, 0.4) is 0 Å². The Morgan fingerprint density at radius 1 is 0.962 bits per heavy atom. The third-order valence-corrected chi connectivity index (χ3v) is 4.26. The van der Waals surface area contributed by atoms with Gasteiger partial charge in [-0.1, -0.05) is 60.7 Å². The Bertz CT molecular complexity index is 973. The lowest BCUT2D eigenvalue weighted by Gasteiger charge is -2.28. The van der Waals surface area contributed by atoms with Crippen LogP contribution >= 0.6 is 0 Å². The number of benzene rings is 2. The Hall–Kier alpha value is -4.08. The summed E-state index contributed by atoms with van der Waals surface area (Å²) in [5.41, 5.74) is 5.82. The van der Waals surface area contributed by atoms with E-state index in [1.807, 2.05) is 54.6 Å². The molecule has 2 N–H and O–H groups in total. The largest absolute Gasteiger partial charge is 0.383 e. The van der Waals surface area contributed by atoms with Gasteiger partial charge in [-0.25, -0.2) is 5.01 Å². The number of hydrogen-bond donors (Lipinski definition) is 1. The monoisotopic (exact) mass is 338 g/mol. The second-order valence-corrected chi connectivity index (χ2v) is 5.72. The van der Waals surface area contributed by atoms with E-state index in [1.54, 1.807) is 30.5 Å². The van der Waals surface area contributed by atoms with Gasteiger partial charge in [0.25, 0.3) is 0 Å². The Labute approximate surface area is 151 Å². The van der Waals surface area contributed by atoms with Gasteiger partial charge in [-0.15, -0.1) is 0 Å². The topological polar surface area (TPSA) is 113 Å². The number of nitrogens with two attached hydrogens (primary N) is 1. The van der Waals surface area contributed by atoms with Crippen LogP contribution in [0.25, 0.3) is 0 Å². The Kier molecular flexibility index (Phi) is 4.39. The molecule has 124 valence electrons. The normalized spacial score (nSPS) is 18.3. The predicted octanol–water partition coefficient (Wildman–Crippen LogP) is 2.80. The summed E-state index contributed by atoms with van der Waals surface area (Å²) >= 11 is 0. The van der Waals surface area contributed by atoms with Gasteiger partial charge in [0.15, 0.2) is 0 Å². The summed E-state index contributed by atoms with van der Waals surface area (Å²) in [5, 5.41) is 34.9. The maximum Gasteiger partial charge on any atom is 0.208 e. The molecule has 1 unspecified atom stereocenters. The van der Waals surface area contributed by atoms with Gasteiger partial charge in [0.05, 0.1) is 18.4 Å². The maximum atomic E-state index is 9.78. The molecule has 1 aliphatic rings. The number of hydrogen-bond acceptors (Lipinski definition) is 6. The minimum atomic E-state index is -1.73. The minimum Gasteiger partial charge on any atom is -0.383 e. The summed E-state index contributed by atoms with van der Waals surface area (Å²) < 4.78 is 0. The van der Waals surface area contributed by atoms with Crippen LogP contribution in [0.2, 0.25) is 0 Å². The van der Waals surface area contributed by atoms with E-state index in [-0.39, 0.29) is 11.4 Å². The van der Waals surface area contributed by atoms with Crippen LogP contribution in [0.15, 0.2) is 77.2 Å². The van der Waals surface area contributed by atoms with E-state index in [1.165, 1.54) is 5.01 Å². The van der Waals surface area contributed by atoms with Crippen molar-refractivity contribution in [1.82, 2.24) is 5.01 Å². The van der Waals surface area contributed by atoms with Gasteiger partial charge in [0.1, 0.15) is 23.5 Å². The first kappa shape index (κ1) is 16.8. The van der Waals surface area contributed by atoms with Gasteiger partial charge in [-0.3, -0.25) is 0 Å². The summed E-state index contributed by atoms with van der Waals surface area (Å²) in [6.07, 6.45) is 1.59. The van der Waals surface area contributed by atoms with Gasteiger partial charge in [-0.05, 0) is 11.1 Å². The molecule has 0 saturated carbocycles. The first-order valence-corrected chi connectivity index (χ1v) is 7.84. The lowest BCUT2D eigenvalue weighted by atomic mass is 9.76. The van der Waals surface area contributed by atoms with Gasteiger partial charge in [0.2, 0.25) is 5.41 Å². The van der Waals surface area contributed by atoms with Crippen LogP contribution in [0.5, 0.6) is 0 Å². The molecule has 0 saturated heterocycles. The molecule has 1 heterocycles. The molecule has 0 bridgehead atoms. The highest BCUT2D eigenvalue weighted by Gasteiger charge is 2.55. The van der Waals surface area contributed by atoms with Crippen molar-refractivity contribution < 1.29 is 0 Å². The van der Waals surface area contributed by atoms with Gasteiger partial charge in [-0.2, -0.15) is 20.9 Å². The van der Waals surface area contributed by atoms with Gasteiger partial charge < -0.3 is 5.73 Å². The third kappa shape index (κ3) is 2.55. The third-order valence-electron chi connectivity index (χ3n) is 4.26. The number of rotatable bonds is 3. The molecule has 2 aromatic rings. The molecule has 0 radical (unpaired) electrons. The van der Waals surface area contributed by atoms with E-state index < -0.39 is 11.5 Å². The van der Waals surface area contributed by atoms with Crippen molar-refractivity contribution >= 4 is 6.21 Å². The van der Waals surface area contributed by atoms with Crippen LogP contribution in [0.4, 0.5) is 0 Å². The fourth-order valence-electron chi connectivity index (χ4n) is 3.00. The van der Waals surface area contributed by atoms with Crippen molar-refractivity contribution in [2.75, 3.05) is 0 Å². The molecule has 0 aromatic heterocycles. The zero-order valence-corrected chi connectivity index (χ0v) is 13.7. The van der Waals surface area contributed by atoms with Crippen molar-refractivity contribution in [2.45, 2.75) is 6.04 Å². The lowest BCUT2D eigenvalue weighted by Crippen LogP contribution is -2.31. The molecule has 0 amide bonds. The van der Waals surface area contributed by atoms with E-state index in [2.05, 4.69) is 5.10 Å². The molecule has 26 heavy (non-hydrogen) atoms. The average Bonchev–Trinajstić information content (AvgIpc) is 2.95. The molecule has 0 aliphatic carbocycles. The van der Waals surface area contributed by atoms with Crippen molar-refractivity contribution in [3.8, 4) is 18.2 Å². The fraction of sp³-hybridized carbons (Fsp3) is 0.100. The van der Waals surface area contributed by atoms with E-state index in [4.69, 9.17) is 5.73 Å². The Morgan fingerprint density at radius 3 is 2.08 bits per heavy atom. The second-order valence-electron chi connectivity index (χ2n) is 5.72. The SMILES string of the molecule is N#CC1=C(N)N(/N=C/c2ccccc2)C(c2ccccc2)C1(C#N)C#N. The summed E-state index contributed by atoms with van der Waals surface area (Å²) in [6, 6.07) is 23.5. The molecular formula is C20H14N6. The Morgan fingerprint density at radius 2 is 1.54 bits per heavy atom. The van der Waals surface area contributed by atoms with E-state index >= 15 is 0 Å². The maximum absolute atomic E-state index is 9.78. The van der Waals surface area contributed by atoms with Crippen LogP contribution in [-0.2, 0) is 0 Å². The molecule has 2 aromatic carbocycles. The van der Waals surface area contributed by atoms with Crippen molar-refractivity contribution in [1.29, 1.82) is 15.8 Å². The zero-order valence-electron chi connectivity index (χ0n) is 13.7. The molecular weight excluding hydrogens is 324 g/mol.